The number of rotatable bonds is 5. The summed E-state index contributed by atoms with van der Waals surface area (Å²) in [6.45, 7) is 5.04. The van der Waals surface area contributed by atoms with E-state index >= 15 is 0 Å². The molecule has 2 heterocycles. The Bertz CT molecular complexity index is 730. The number of nitrogens with one attached hydrogen (secondary N) is 2. The van der Waals surface area contributed by atoms with Crippen molar-refractivity contribution in [1.82, 2.24) is 15.3 Å². The number of piperidine rings is 1. The summed E-state index contributed by atoms with van der Waals surface area (Å²) in [5.41, 5.74) is 1.95. The number of para-hydroxylation sites is 2. The molecule has 0 saturated carbocycles. The molecule has 1 fully saturated rings. The molecule has 3 N–H and O–H groups in total. The lowest BCUT2D eigenvalue weighted by atomic mass is 9.94. The van der Waals surface area contributed by atoms with Crippen LogP contribution < -0.4 is 10.2 Å². The molecule has 0 aliphatic carbocycles. The van der Waals surface area contributed by atoms with E-state index in [4.69, 9.17) is 0 Å². The quantitative estimate of drug-likeness (QED) is 0.721. The van der Waals surface area contributed by atoms with Crippen LogP contribution in [0.15, 0.2) is 24.3 Å². The topological polar surface area (TPSA) is 98.3 Å². The highest BCUT2D eigenvalue weighted by molar-refractivity contribution is 5.97. The van der Waals surface area contributed by atoms with E-state index in [0.717, 1.165) is 42.9 Å². The van der Waals surface area contributed by atoms with Gasteiger partial charge in [0.1, 0.15) is 5.92 Å². The minimum absolute atomic E-state index is 0.00808. The first-order valence-electron chi connectivity index (χ1n) is 8.68. The van der Waals surface area contributed by atoms with Crippen LogP contribution in [0.5, 0.6) is 0 Å². The van der Waals surface area contributed by atoms with Gasteiger partial charge in [0.15, 0.2) is 0 Å². The zero-order valence-corrected chi connectivity index (χ0v) is 14.5. The van der Waals surface area contributed by atoms with Gasteiger partial charge in [-0.2, -0.15) is 0 Å². The number of H-pyrrole nitrogens is 1. The van der Waals surface area contributed by atoms with Crippen molar-refractivity contribution in [3.05, 3.63) is 24.3 Å². The number of aliphatic carboxylic acids is 1. The zero-order valence-electron chi connectivity index (χ0n) is 14.5. The van der Waals surface area contributed by atoms with Gasteiger partial charge in [-0.15, -0.1) is 0 Å². The number of imidazole rings is 1. The monoisotopic (exact) mass is 344 g/mol. The number of anilines is 1. The third-order valence-corrected chi connectivity index (χ3v) is 4.73. The highest BCUT2D eigenvalue weighted by atomic mass is 16.4. The number of carbonyl (C=O) groups excluding carboxylic acids is 1. The maximum absolute atomic E-state index is 12.2. The van der Waals surface area contributed by atoms with Crippen molar-refractivity contribution in [3.63, 3.8) is 0 Å². The fourth-order valence-electron chi connectivity index (χ4n) is 3.32. The Kier molecular flexibility index (Phi) is 4.92. The van der Waals surface area contributed by atoms with Crippen molar-refractivity contribution < 1.29 is 14.7 Å². The highest BCUT2D eigenvalue weighted by Crippen LogP contribution is 2.21. The largest absolute Gasteiger partial charge is 0.481 e. The number of nitrogens with zero attached hydrogens (tertiary/aromatic N) is 2. The molecule has 1 unspecified atom stereocenters. The number of hydrogen-bond acceptors (Lipinski definition) is 4. The Morgan fingerprint density at radius 2 is 1.96 bits per heavy atom. The normalized spacial score (nSPS) is 17.0. The predicted octanol–water partition coefficient (Wildman–Crippen LogP) is 2.00. The van der Waals surface area contributed by atoms with E-state index < -0.39 is 11.9 Å². The molecule has 1 aromatic heterocycles. The Morgan fingerprint density at radius 3 is 2.56 bits per heavy atom. The summed E-state index contributed by atoms with van der Waals surface area (Å²) in [6.07, 6.45) is 1.54. The van der Waals surface area contributed by atoms with Crippen LogP contribution in [0.2, 0.25) is 0 Å². The molecule has 1 aliphatic rings. The first kappa shape index (κ1) is 17.3. The molecule has 7 heteroatoms. The van der Waals surface area contributed by atoms with Gasteiger partial charge in [0.2, 0.25) is 11.9 Å². The molecule has 134 valence electrons. The third kappa shape index (κ3) is 3.75. The molecule has 1 aromatic carbocycles. The molecule has 1 saturated heterocycles. The summed E-state index contributed by atoms with van der Waals surface area (Å²) < 4.78 is 0. The van der Waals surface area contributed by atoms with Crippen LogP contribution in [-0.2, 0) is 9.59 Å². The van der Waals surface area contributed by atoms with E-state index in [2.05, 4.69) is 20.2 Å². The number of benzene rings is 1. The molecule has 0 radical (unpaired) electrons. The molecule has 1 aliphatic heterocycles. The fraction of sp³-hybridized carbons (Fsp3) is 0.500. The number of aromatic nitrogens is 2. The van der Waals surface area contributed by atoms with Crippen LogP contribution in [0.3, 0.4) is 0 Å². The maximum atomic E-state index is 12.2. The minimum atomic E-state index is -1.06. The SMILES string of the molecule is CC(C)C(C(=O)O)C(=O)NC1CCN(c2nc3ccccc3[nH]2)CC1. The summed E-state index contributed by atoms with van der Waals surface area (Å²) >= 11 is 0. The second kappa shape index (κ2) is 7.13. The number of aromatic amines is 1. The van der Waals surface area contributed by atoms with E-state index in [1.807, 2.05) is 24.3 Å². The third-order valence-electron chi connectivity index (χ3n) is 4.73. The van der Waals surface area contributed by atoms with Crippen LogP contribution in [0, 0.1) is 11.8 Å². The van der Waals surface area contributed by atoms with Gasteiger partial charge < -0.3 is 20.3 Å². The number of hydrogen-bond donors (Lipinski definition) is 3. The number of carbonyl (C=O) groups is 2. The van der Waals surface area contributed by atoms with Crippen molar-refractivity contribution in [2.45, 2.75) is 32.7 Å². The van der Waals surface area contributed by atoms with E-state index in [1.165, 1.54) is 0 Å². The zero-order chi connectivity index (χ0) is 18.0. The molecular weight excluding hydrogens is 320 g/mol. The summed E-state index contributed by atoms with van der Waals surface area (Å²) in [4.78, 5) is 33.6. The van der Waals surface area contributed by atoms with Crippen molar-refractivity contribution in [1.29, 1.82) is 0 Å². The maximum Gasteiger partial charge on any atom is 0.316 e. The average Bonchev–Trinajstić information content (AvgIpc) is 2.98. The van der Waals surface area contributed by atoms with Gasteiger partial charge in [0, 0.05) is 19.1 Å². The highest BCUT2D eigenvalue weighted by Gasteiger charge is 2.32. The van der Waals surface area contributed by atoms with Crippen molar-refractivity contribution >= 4 is 28.9 Å². The predicted molar refractivity (Wildman–Crippen MR) is 95.4 cm³/mol. The van der Waals surface area contributed by atoms with Crippen molar-refractivity contribution in [3.8, 4) is 0 Å². The fourth-order valence-corrected chi connectivity index (χ4v) is 3.32. The van der Waals surface area contributed by atoms with Crippen LogP contribution in [-0.4, -0.2) is 46.1 Å². The molecule has 7 nitrogen and oxygen atoms in total. The van der Waals surface area contributed by atoms with E-state index in [0.29, 0.717) is 0 Å². The van der Waals surface area contributed by atoms with Crippen LogP contribution >= 0.6 is 0 Å². The van der Waals surface area contributed by atoms with Crippen LogP contribution in [0.25, 0.3) is 11.0 Å². The lowest BCUT2D eigenvalue weighted by Crippen LogP contribution is -2.48. The Hall–Kier alpha value is -2.57. The van der Waals surface area contributed by atoms with Gasteiger partial charge in [0.25, 0.3) is 0 Å². The smallest absolute Gasteiger partial charge is 0.316 e. The number of fused-ring (bicyclic) bond motifs is 1. The molecule has 1 amide bonds. The number of carboxylic acid groups (broad SMARTS) is 1. The number of carboxylic acids is 1. The lowest BCUT2D eigenvalue weighted by Gasteiger charge is -2.32. The van der Waals surface area contributed by atoms with Gasteiger partial charge in [-0.1, -0.05) is 26.0 Å². The molecule has 3 rings (SSSR count). The molecule has 0 spiro atoms. The van der Waals surface area contributed by atoms with Crippen molar-refractivity contribution in [2.75, 3.05) is 18.0 Å². The summed E-state index contributed by atoms with van der Waals surface area (Å²) in [5.74, 6) is -1.82. The van der Waals surface area contributed by atoms with Gasteiger partial charge in [0.05, 0.1) is 11.0 Å². The van der Waals surface area contributed by atoms with E-state index in [1.54, 1.807) is 13.8 Å². The first-order chi connectivity index (χ1) is 12.0. The Morgan fingerprint density at radius 1 is 1.28 bits per heavy atom. The summed E-state index contributed by atoms with van der Waals surface area (Å²) in [6, 6.07) is 7.91. The van der Waals surface area contributed by atoms with Gasteiger partial charge in [-0.25, -0.2) is 4.98 Å². The first-order valence-corrected chi connectivity index (χ1v) is 8.68. The Balaban J connectivity index is 1.58. The van der Waals surface area contributed by atoms with Gasteiger partial charge in [-0.3, -0.25) is 9.59 Å². The lowest BCUT2D eigenvalue weighted by molar-refractivity contribution is -0.149. The van der Waals surface area contributed by atoms with E-state index in [9.17, 15) is 14.7 Å². The number of amides is 1. The summed E-state index contributed by atoms with van der Waals surface area (Å²) in [5, 5.41) is 12.1. The molecular formula is C18H24N4O3. The van der Waals surface area contributed by atoms with Crippen LogP contribution in [0.1, 0.15) is 26.7 Å². The molecule has 1 atom stereocenters. The van der Waals surface area contributed by atoms with Gasteiger partial charge in [-0.05, 0) is 30.9 Å². The summed E-state index contributed by atoms with van der Waals surface area (Å²) in [7, 11) is 0. The van der Waals surface area contributed by atoms with Gasteiger partial charge >= 0.3 is 5.97 Å². The standard InChI is InChI=1S/C18H24N4O3/c1-11(2)15(17(24)25)16(23)19-12-7-9-22(10-8-12)18-20-13-5-3-4-6-14(13)21-18/h3-6,11-12,15H,7-10H2,1-2H3,(H,19,23)(H,20,21)(H,24,25). The second-order valence-corrected chi connectivity index (χ2v) is 6.91. The van der Waals surface area contributed by atoms with Crippen LogP contribution in [0.4, 0.5) is 5.95 Å². The van der Waals surface area contributed by atoms with E-state index in [-0.39, 0.29) is 17.9 Å². The Labute approximate surface area is 146 Å². The molecule has 25 heavy (non-hydrogen) atoms. The van der Waals surface area contributed by atoms with Crippen molar-refractivity contribution in [2.24, 2.45) is 11.8 Å². The molecule has 2 aromatic rings. The minimum Gasteiger partial charge on any atom is -0.481 e. The average molecular weight is 344 g/mol. The molecule has 0 bridgehead atoms. The second-order valence-electron chi connectivity index (χ2n) is 6.91.